The number of nitrogens with zero attached hydrogens (tertiary/aromatic N) is 3. The van der Waals surface area contributed by atoms with Crippen molar-refractivity contribution in [1.29, 1.82) is 0 Å². The number of aliphatic imine (C=N–C) groups is 1. The maximum absolute atomic E-state index is 12.1. The summed E-state index contributed by atoms with van der Waals surface area (Å²) in [6, 6.07) is 8.42. The van der Waals surface area contributed by atoms with Crippen molar-refractivity contribution in [3.8, 4) is 0 Å². The van der Waals surface area contributed by atoms with Gasteiger partial charge in [-0.3, -0.25) is 24.4 Å². The Bertz CT molecular complexity index is 571. The Balaban J connectivity index is 2.35. The molecular formula is C14H15N3O3. The largest absolute Gasteiger partial charge is 0.332 e. The van der Waals surface area contributed by atoms with Crippen molar-refractivity contribution in [2.24, 2.45) is 10.9 Å². The molecule has 6 heteroatoms. The topological polar surface area (TPSA) is 70.1 Å². The molecule has 1 aromatic carbocycles. The molecule has 0 unspecified atom stereocenters. The molecule has 104 valence electrons. The third kappa shape index (κ3) is 2.32. The zero-order valence-corrected chi connectivity index (χ0v) is 11.5. The monoisotopic (exact) mass is 273 g/mol. The Morgan fingerprint density at radius 3 is 2.00 bits per heavy atom. The summed E-state index contributed by atoms with van der Waals surface area (Å²) in [7, 11) is 2.72. The number of urea groups is 1. The number of benzene rings is 1. The molecule has 0 saturated carbocycles. The molecule has 20 heavy (non-hydrogen) atoms. The Labute approximate surface area is 116 Å². The molecule has 2 rings (SSSR count). The first-order chi connectivity index (χ1) is 9.43. The standard InChI is InChI=1S/C14H15N3O3/c1-9(15-10-7-5-4-6-8-10)11-12(18)16(2)14(20)17(3)13(11)19/h4-8,11H,1-3H3. The summed E-state index contributed by atoms with van der Waals surface area (Å²) in [5.74, 6) is -2.13. The van der Waals surface area contributed by atoms with Gasteiger partial charge in [0, 0.05) is 19.8 Å². The molecule has 1 aliphatic rings. The van der Waals surface area contributed by atoms with Gasteiger partial charge in [0.05, 0.1) is 5.69 Å². The van der Waals surface area contributed by atoms with Crippen LogP contribution in [0.5, 0.6) is 0 Å². The second kappa shape index (κ2) is 5.24. The van der Waals surface area contributed by atoms with E-state index in [2.05, 4.69) is 4.99 Å². The SMILES string of the molecule is CC(=Nc1ccccc1)C1C(=O)N(C)C(=O)N(C)C1=O. The van der Waals surface area contributed by atoms with Crippen LogP contribution in [0.25, 0.3) is 0 Å². The molecule has 1 fully saturated rings. The molecule has 0 aromatic heterocycles. The molecule has 1 aromatic rings. The summed E-state index contributed by atoms with van der Waals surface area (Å²) in [5.41, 5.74) is 1.03. The summed E-state index contributed by atoms with van der Waals surface area (Å²) in [6.45, 7) is 1.62. The van der Waals surface area contributed by atoms with Gasteiger partial charge in [-0.15, -0.1) is 0 Å². The fourth-order valence-corrected chi connectivity index (χ4v) is 2.03. The van der Waals surface area contributed by atoms with E-state index in [1.54, 1.807) is 19.1 Å². The smallest absolute Gasteiger partial charge is 0.273 e. The molecule has 0 atom stereocenters. The van der Waals surface area contributed by atoms with Gasteiger partial charge in [-0.2, -0.15) is 0 Å². The van der Waals surface area contributed by atoms with Crippen molar-refractivity contribution in [3.63, 3.8) is 0 Å². The Kier molecular flexibility index (Phi) is 3.65. The van der Waals surface area contributed by atoms with E-state index >= 15 is 0 Å². The van der Waals surface area contributed by atoms with Gasteiger partial charge in [0.1, 0.15) is 0 Å². The Morgan fingerprint density at radius 2 is 1.50 bits per heavy atom. The first-order valence-corrected chi connectivity index (χ1v) is 6.13. The number of amides is 4. The summed E-state index contributed by atoms with van der Waals surface area (Å²) in [6.07, 6.45) is 0. The van der Waals surface area contributed by atoms with Crippen LogP contribution in [0.4, 0.5) is 10.5 Å². The normalized spacial score (nSPS) is 17.9. The molecule has 4 amide bonds. The van der Waals surface area contributed by atoms with Gasteiger partial charge >= 0.3 is 6.03 Å². The lowest BCUT2D eigenvalue weighted by atomic mass is 9.99. The maximum Gasteiger partial charge on any atom is 0.332 e. The maximum atomic E-state index is 12.1. The average Bonchev–Trinajstić information content (AvgIpc) is 2.44. The first kappa shape index (κ1) is 13.9. The molecule has 0 radical (unpaired) electrons. The van der Waals surface area contributed by atoms with Gasteiger partial charge < -0.3 is 0 Å². The third-order valence-corrected chi connectivity index (χ3v) is 3.21. The fraction of sp³-hybridized carbons (Fsp3) is 0.286. The zero-order valence-electron chi connectivity index (χ0n) is 11.5. The quantitative estimate of drug-likeness (QED) is 0.605. The number of barbiturate groups is 1. The fourth-order valence-electron chi connectivity index (χ4n) is 2.03. The minimum atomic E-state index is -1.04. The predicted molar refractivity (Wildman–Crippen MR) is 73.6 cm³/mol. The number of rotatable bonds is 2. The van der Waals surface area contributed by atoms with Gasteiger partial charge in [0.15, 0.2) is 5.92 Å². The summed E-state index contributed by atoms with van der Waals surface area (Å²) in [4.78, 5) is 42.0. The third-order valence-electron chi connectivity index (χ3n) is 3.21. The van der Waals surface area contributed by atoms with E-state index < -0.39 is 23.8 Å². The zero-order chi connectivity index (χ0) is 14.9. The van der Waals surface area contributed by atoms with Gasteiger partial charge in [-0.05, 0) is 19.1 Å². The van der Waals surface area contributed by atoms with E-state index in [1.807, 2.05) is 18.2 Å². The minimum absolute atomic E-state index is 0.373. The van der Waals surface area contributed by atoms with Crippen LogP contribution in [0.3, 0.4) is 0 Å². The number of carbonyl (C=O) groups excluding carboxylic acids is 3. The van der Waals surface area contributed by atoms with Crippen LogP contribution in [0, 0.1) is 5.92 Å². The van der Waals surface area contributed by atoms with Crippen molar-refractivity contribution in [2.75, 3.05) is 14.1 Å². The average molecular weight is 273 g/mol. The predicted octanol–water partition coefficient (Wildman–Crippen LogP) is 1.45. The highest BCUT2D eigenvalue weighted by Gasteiger charge is 2.43. The van der Waals surface area contributed by atoms with Crippen LogP contribution in [-0.2, 0) is 9.59 Å². The van der Waals surface area contributed by atoms with E-state index in [0.29, 0.717) is 11.4 Å². The van der Waals surface area contributed by atoms with Crippen LogP contribution in [0.2, 0.25) is 0 Å². The Hall–Kier alpha value is -2.50. The number of hydrogen-bond donors (Lipinski definition) is 0. The van der Waals surface area contributed by atoms with Crippen LogP contribution >= 0.6 is 0 Å². The van der Waals surface area contributed by atoms with Crippen LogP contribution in [0.1, 0.15) is 6.92 Å². The van der Waals surface area contributed by atoms with E-state index in [-0.39, 0.29) is 0 Å². The first-order valence-electron chi connectivity index (χ1n) is 6.13. The summed E-state index contributed by atoms with van der Waals surface area (Å²) >= 11 is 0. The number of carbonyl (C=O) groups is 3. The summed E-state index contributed by atoms with van der Waals surface area (Å²) in [5, 5.41) is 0. The molecule has 1 aliphatic heterocycles. The second-order valence-electron chi connectivity index (χ2n) is 4.60. The Morgan fingerprint density at radius 1 is 1.00 bits per heavy atom. The van der Waals surface area contributed by atoms with Crippen LogP contribution in [0.15, 0.2) is 35.3 Å². The highest BCUT2D eigenvalue weighted by Crippen LogP contribution is 2.19. The molecule has 0 spiro atoms. The van der Waals surface area contributed by atoms with E-state index in [4.69, 9.17) is 0 Å². The molecule has 6 nitrogen and oxygen atoms in total. The van der Waals surface area contributed by atoms with Crippen LogP contribution in [-0.4, -0.2) is 47.5 Å². The van der Waals surface area contributed by atoms with Crippen molar-refractivity contribution in [3.05, 3.63) is 30.3 Å². The molecular weight excluding hydrogens is 258 g/mol. The van der Waals surface area contributed by atoms with E-state index in [0.717, 1.165) is 9.80 Å². The van der Waals surface area contributed by atoms with Gasteiger partial charge in [0.2, 0.25) is 11.8 Å². The number of para-hydroxylation sites is 1. The lowest BCUT2D eigenvalue weighted by Gasteiger charge is -2.32. The van der Waals surface area contributed by atoms with Gasteiger partial charge in [0.25, 0.3) is 0 Å². The summed E-state index contributed by atoms with van der Waals surface area (Å²) < 4.78 is 0. The van der Waals surface area contributed by atoms with Gasteiger partial charge in [-0.25, -0.2) is 4.79 Å². The van der Waals surface area contributed by atoms with Crippen molar-refractivity contribution < 1.29 is 14.4 Å². The van der Waals surface area contributed by atoms with Gasteiger partial charge in [-0.1, -0.05) is 18.2 Å². The lowest BCUT2D eigenvalue weighted by Crippen LogP contribution is -2.58. The van der Waals surface area contributed by atoms with E-state index in [9.17, 15) is 14.4 Å². The van der Waals surface area contributed by atoms with Crippen molar-refractivity contribution in [2.45, 2.75) is 6.92 Å². The molecule has 1 saturated heterocycles. The highest BCUT2D eigenvalue weighted by molar-refractivity contribution is 6.27. The van der Waals surface area contributed by atoms with Crippen LogP contribution < -0.4 is 0 Å². The highest BCUT2D eigenvalue weighted by atomic mass is 16.2. The second-order valence-corrected chi connectivity index (χ2v) is 4.60. The van der Waals surface area contributed by atoms with Crippen molar-refractivity contribution >= 4 is 29.2 Å². The number of imide groups is 2. The molecule has 0 N–H and O–H groups in total. The molecule has 0 bridgehead atoms. The van der Waals surface area contributed by atoms with E-state index in [1.165, 1.54) is 14.1 Å². The minimum Gasteiger partial charge on any atom is -0.273 e. The number of hydrogen-bond acceptors (Lipinski definition) is 4. The van der Waals surface area contributed by atoms with Crippen molar-refractivity contribution in [1.82, 2.24) is 9.80 Å². The lowest BCUT2D eigenvalue weighted by molar-refractivity contribution is -0.144. The molecule has 1 heterocycles. The molecule has 0 aliphatic carbocycles.